The summed E-state index contributed by atoms with van der Waals surface area (Å²) < 4.78 is 1.66. The molecule has 0 fully saturated rings. The van der Waals surface area contributed by atoms with Crippen LogP contribution in [0.5, 0.6) is 0 Å². The first-order valence-corrected chi connectivity index (χ1v) is 10.1. The summed E-state index contributed by atoms with van der Waals surface area (Å²) in [5.74, 6) is -0.445. The lowest BCUT2D eigenvalue weighted by atomic mass is 10.1. The molecule has 5 nitrogen and oxygen atoms in total. The lowest BCUT2D eigenvalue weighted by Crippen LogP contribution is -2.36. The largest absolute Gasteiger partial charge is 0.302 e. The molecule has 0 unspecified atom stereocenters. The Hall–Kier alpha value is -3.44. The number of fused-ring (bicyclic) bond motifs is 1. The summed E-state index contributed by atoms with van der Waals surface area (Å²) in [6.07, 6.45) is 0. The second-order valence-corrected chi connectivity index (χ2v) is 7.30. The third-order valence-corrected chi connectivity index (χ3v) is 5.15. The van der Waals surface area contributed by atoms with Gasteiger partial charge in [0.2, 0.25) is 5.43 Å². The van der Waals surface area contributed by atoms with Crippen LogP contribution in [-0.4, -0.2) is 15.7 Å². The average molecular weight is 418 g/mol. The van der Waals surface area contributed by atoms with E-state index in [-0.39, 0.29) is 5.69 Å². The maximum absolute atomic E-state index is 13.6. The predicted molar refractivity (Wildman–Crippen MR) is 120 cm³/mol. The van der Waals surface area contributed by atoms with Gasteiger partial charge in [0.15, 0.2) is 5.69 Å². The number of benzene rings is 3. The molecule has 0 spiro atoms. The summed E-state index contributed by atoms with van der Waals surface area (Å²) >= 11 is 6.12. The van der Waals surface area contributed by atoms with Gasteiger partial charge in [-0.3, -0.25) is 14.3 Å². The van der Waals surface area contributed by atoms with Gasteiger partial charge in [-0.25, -0.2) is 0 Å². The van der Waals surface area contributed by atoms with Gasteiger partial charge in [-0.2, -0.15) is 5.10 Å². The Kier molecular flexibility index (Phi) is 5.63. The molecule has 0 atom stereocenters. The van der Waals surface area contributed by atoms with E-state index in [0.717, 1.165) is 5.56 Å². The molecule has 0 aliphatic rings. The average Bonchev–Trinajstić information content (AvgIpc) is 2.79. The van der Waals surface area contributed by atoms with E-state index in [1.54, 1.807) is 27.8 Å². The molecular formula is C24H20ClN3O2. The Morgan fingerprint density at radius 3 is 2.33 bits per heavy atom. The van der Waals surface area contributed by atoms with Crippen molar-refractivity contribution in [1.82, 2.24) is 9.78 Å². The van der Waals surface area contributed by atoms with E-state index in [2.05, 4.69) is 5.10 Å². The zero-order chi connectivity index (χ0) is 21.1. The highest BCUT2D eigenvalue weighted by Crippen LogP contribution is 2.21. The lowest BCUT2D eigenvalue weighted by molar-refractivity contribution is 0.0977. The third kappa shape index (κ3) is 3.84. The third-order valence-electron chi connectivity index (χ3n) is 4.92. The molecule has 1 amide bonds. The van der Waals surface area contributed by atoms with Crippen molar-refractivity contribution in [3.8, 4) is 0 Å². The Balaban J connectivity index is 1.86. The number of anilines is 1. The van der Waals surface area contributed by atoms with Crippen molar-refractivity contribution in [3.63, 3.8) is 0 Å². The van der Waals surface area contributed by atoms with Gasteiger partial charge in [0, 0.05) is 17.3 Å². The summed E-state index contributed by atoms with van der Waals surface area (Å²) in [6.45, 7) is 2.76. The molecule has 30 heavy (non-hydrogen) atoms. The number of rotatable bonds is 5. The number of hydrogen-bond donors (Lipinski definition) is 0. The Morgan fingerprint density at radius 1 is 1.00 bits per heavy atom. The van der Waals surface area contributed by atoms with Crippen LogP contribution >= 0.6 is 11.6 Å². The number of carbonyl (C=O) groups excluding carboxylic acids is 1. The highest BCUT2D eigenvalue weighted by molar-refractivity contribution is 6.31. The summed E-state index contributed by atoms with van der Waals surface area (Å²) in [5, 5.41) is 5.23. The number of nitrogens with zero attached hydrogens (tertiary/aromatic N) is 3. The fraction of sp³-hybridized carbons (Fsp3) is 0.125. The Morgan fingerprint density at radius 2 is 1.67 bits per heavy atom. The van der Waals surface area contributed by atoms with Gasteiger partial charge in [-0.1, -0.05) is 60.1 Å². The van der Waals surface area contributed by atoms with Gasteiger partial charge in [0.1, 0.15) is 0 Å². The van der Waals surface area contributed by atoms with Crippen LogP contribution in [-0.2, 0) is 13.1 Å². The first-order chi connectivity index (χ1) is 14.6. The van der Waals surface area contributed by atoms with Crippen LogP contribution in [0.4, 0.5) is 5.69 Å². The van der Waals surface area contributed by atoms with Gasteiger partial charge in [0.05, 0.1) is 17.4 Å². The molecule has 0 saturated carbocycles. The molecule has 4 rings (SSSR count). The number of amides is 1. The summed E-state index contributed by atoms with van der Waals surface area (Å²) in [5.41, 5.74) is 1.76. The van der Waals surface area contributed by atoms with E-state index in [1.807, 2.05) is 67.6 Å². The topological polar surface area (TPSA) is 55.2 Å². The van der Waals surface area contributed by atoms with E-state index in [0.29, 0.717) is 34.7 Å². The zero-order valence-corrected chi connectivity index (χ0v) is 17.2. The van der Waals surface area contributed by atoms with Crippen LogP contribution in [0.1, 0.15) is 23.0 Å². The zero-order valence-electron chi connectivity index (χ0n) is 16.5. The van der Waals surface area contributed by atoms with Crippen LogP contribution in [0.15, 0.2) is 83.7 Å². The molecular weight excluding hydrogens is 398 g/mol. The minimum atomic E-state index is -0.445. The standard InChI is InChI=1S/C24H20ClN3O2/c1-2-28-21-14-13-18(25)15-20(21)23(29)22(26-28)24(30)27(19-11-7-4-8-12-19)16-17-9-5-3-6-10-17/h3-15H,2,16H2,1H3. The van der Waals surface area contributed by atoms with Crippen molar-refractivity contribution in [3.05, 3.63) is 105 Å². The maximum atomic E-state index is 13.6. The number of halogens is 1. The summed E-state index contributed by atoms with van der Waals surface area (Å²) in [4.78, 5) is 28.4. The normalized spacial score (nSPS) is 10.9. The molecule has 0 radical (unpaired) electrons. The number of carbonyl (C=O) groups is 1. The fourth-order valence-electron chi connectivity index (χ4n) is 3.43. The first-order valence-electron chi connectivity index (χ1n) is 9.69. The molecule has 150 valence electrons. The minimum absolute atomic E-state index is 0.119. The van der Waals surface area contributed by atoms with Crippen LogP contribution in [0, 0.1) is 0 Å². The van der Waals surface area contributed by atoms with Crippen molar-refractivity contribution >= 4 is 34.1 Å². The van der Waals surface area contributed by atoms with E-state index in [4.69, 9.17) is 11.6 Å². The molecule has 0 saturated heterocycles. The first kappa shape index (κ1) is 19.9. The van der Waals surface area contributed by atoms with E-state index < -0.39 is 11.3 Å². The van der Waals surface area contributed by atoms with Gasteiger partial charge < -0.3 is 4.90 Å². The molecule has 1 aromatic heterocycles. The van der Waals surface area contributed by atoms with E-state index >= 15 is 0 Å². The van der Waals surface area contributed by atoms with Crippen molar-refractivity contribution in [1.29, 1.82) is 0 Å². The number of hydrogen-bond acceptors (Lipinski definition) is 3. The number of aromatic nitrogens is 2. The molecule has 0 N–H and O–H groups in total. The van der Waals surface area contributed by atoms with Crippen LogP contribution in [0.2, 0.25) is 5.02 Å². The number of para-hydroxylation sites is 1. The molecule has 0 aliphatic carbocycles. The van der Waals surface area contributed by atoms with Crippen molar-refractivity contribution in [2.45, 2.75) is 20.0 Å². The Labute approximate surface area is 179 Å². The molecule has 0 aliphatic heterocycles. The van der Waals surface area contributed by atoms with Gasteiger partial charge in [-0.05, 0) is 42.8 Å². The molecule has 1 heterocycles. The smallest absolute Gasteiger partial charge is 0.283 e. The second kappa shape index (κ2) is 8.51. The van der Waals surface area contributed by atoms with Crippen molar-refractivity contribution in [2.75, 3.05) is 4.90 Å². The SMILES string of the molecule is CCn1nc(C(=O)N(Cc2ccccc2)c2ccccc2)c(=O)c2cc(Cl)ccc21. The van der Waals surface area contributed by atoms with Crippen molar-refractivity contribution < 1.29 is 4.79 Å². The van der Waals surface area contributed by atoms with E-state index in [9.17, 15) is 9.59 Å². The highest BCUT2D eigenvalue weighted by Gasteiger charge is 2.24. The molecule has 0 bridgehead atoms. The van der Waals surface area contributed by atoms with Crippen LogP contribution in [0.3, 0.4) is 0 Å². The second-order valence-electron chi connectivity index (χ2n) is 6.87. The van der Waals surface area contributed by atoms with E-state index in [1.165, 1.54) is 0 Å². The highest BCUT2D eigenvalue weighted by atomic mass is 35.5. The minimum Gasteiger partial charge on any atom is -0.302 e. The summed E-state index contributed by atoms with van der Waals surface area (Å²) in [7, 11) is 0. The fourth-order valence-corrected chi connectivity index (χ4v) is 3.60. The maximum Gasteiger partial charge on any atom is 0.283 e. The van der Waals surface area contributed by atoms with Gasteiger partial charge >= 0.3 is 0 Å². The quantitative estimate of drug-likeness (QED) is 0.463. The molecule has 4 aromatic rings. The van der Waals surface area contributed by atoms with Gasteiger partial charge in [0.25, 0.3) is 5.91 Å². The lowest BCUT2D eigenvalue weighted by Gasteiger charge is -2.23. The summed E-state index contributed by atoms with van der Waals surface area (Å²) in [6, 6.07) is 24.0. The predicted octanol–water partition coefficient (Wildman–Crippen LogP) is 4.92. The van der Waals surface area contributed by atoms with Crippen LogP contribution < -0.4 is 10.3 Å². The van der Waals surface area contributed by atoms with Crippen molar-refractivity contribution in [2.24, 2.45) is 0 Å². The monoisotopic (exact) mass is 417 g/mol. The molecule has 3 aromatic carbocycles. The number of aryl methyl sites for hydroxylation is 1. The van der Waals surface area contributed by atoms with Gasteiger partial charge in [-0.15, -0.1) is 0 Å². The Bertz CT molecular complexity index is 1250. The van der Waals surface area contributed by atoms with Crippen LogP contribution in [0.25, 0.3) is 10.9 Å². The molecule has 6 heteroatoms.